The Morgan fingerprint density at radius 2 is 1.40 bits per heavy atom. The number of aromatic nitrogens is 3. The first-order valence-corrected chi connectivity index (χ1v) is 13.2. The van der Waals surface area contributed by atoms with Crippen molar-refractivity contribution < 1.29 is 4.42 Å². The van der Waals surface area contributed by atoms with Gasteiger partial charge in [-0.3, -0.25) is 14.5 Å². The molecule has 0 radical (unpaired) electrons. The summed E-state index contributed by atoms with van der Waals surface area (Å²) < 4.78 is 8.18. The number of hydrogen-bond acceptors (Lipinski definition) is 5. The van der Waals surface area contributed by atoms with E-state index in [9.17, 15) is 0 Å². The van der Waals surface area contributed by atoms with Crippen LogP contribution in [0.4, 0.5) is 0 Å². The number of hydrogen-bond donors (Lipinski definition) is 1. The van der Waals surface area contributed by atoms with Crippen LogP contribution >= 0.6 is 0 Å². The van der Waals surface area contributed by atoms with Crippen LogP contribution in [-0.4, -0.2) is 20.5 Å². The SMILES string of the molecule is C1=C(c2ccncc2)N=C(n2c3ccccc3c3c4occc4ccc32)NC1c1ccc(-c2ccncc2)cc1. The van der Waals surface area contributed by atoms with Crippen LogP contribution in [0.15, 0.2) is 138 Å². The maximum atomic E-state index is 5.97. The normalized spacial score (nSPS) is 15.2. The lowest BCUT2D eigenvalue weighted by atomic mass is 9.99. The Balaban J connectivity index is 1.30. The maximum absolute atomic E-state index is 5.97. The van der Waals surface area contributed by atoms with E-state index in [4.69, 9.17) is 9.41 Å². The van der Waals surface area contributed by atoms with Crippen molar-refractivity contribution in [3.8, 4) is 11.1 Å². The van der Waals surface area contributed by atoms with Gasteiger partial charge in [-0.2, -0.15) is 0 Å². The van der Waals surface area contributed by atoms with Crippen molar-refractivity contribution in [2.45, 2.75) is 6.04 Å². The number of nitrogens with one attached hydrogen (secondary N) is 1. The second-order valence-corrected chi connectivity index (χ2v) is 9.85. The van der Waals surface area contributed by atoms with Crippen molar-refractivity contribution in [3.05, 3.63) is 139 Å². The lowest BCUT2D eigenvalue weighted by Crippen LogP contribution is -2.35. The summed E-state index contributed by atoms with van der Waals surface area (Å²) in [6.45, 7) is 0. The molecule has 8 rings (SSSR count). The van der Waals surface area contributed by atoms with Crippen LogP contribution in [0.25, 0.3) is 49.6 Å². The van der Waals surface area contributed by atoms with Crippen LogP contribution in [0, 0.1) is 0 Å². The molecule has 0 bridgehead atoms. The standard InChI is InChI=1S/C34H23N5O/c1-2-4-30-27(3-1)32-31(10-9-26-15-20-40-33(26)32)39(30)34-37-28(21-29(38-34)25-13-18-36-19-14-25)24-7-5-22(6-8-24)23-11-16-35-17-12-23/h1-21,28H,(H,37,38). The van der Waals surface area contributed by atoms with Gasteiger partial charge in [-0.25, -0.2) is 4.99 Å². The molecule has 0 amide bonds. The molecule has 40 heavy (non-hydrogen) atoms. The summed E-state index contributed by atoms with van der Waals surface area (Å²) in [6.07, 6.45) is 11.2. The number of furan rings is 1. The van der Waals surface area contributed by atoms with Crippen LogP contribution in [-0.2, 0) is 0 Å². The van der Waals surface area contributed by atoms with E-state index in [0.717, 1.165) is 66.7 Å². The third kappa shape index (κ3) is 3.61. The van der Waals surface area contributed by atoms with E-state index in [-0.39, 0.29) is 6.04 Å². The number of pyridine rings is 2. The molecule has 3 aromatic carbocycles. The highest BCUT2D eigenvalue weighted by Crippen LogP contribution is 2.36. The first kappa shape index (κ1) is 22.5. The monoisotopic (exact) mass is 517 g/mol. The Morgan fingerprint density at radius 3 is 2.20 bits per heavy atom. The van der Waals surface area contributed by atoms with Gasteiger partial charge in [-0.05, 0) is 71.3 Å². The molecule has 0 fully saturated rings. The average molecular weight is 518 g/mol. The number of fused-ring (bicyclic) bond motifs is 5. The van der Waals surface area contributed by atoms with Gasteiger partial charge in [0, 0.05) is 41.1 Å². The number of nitrogens with zero attached hydrogens (tertiary/aromatic N) is 4. The second-order valence-electron chi connectivity index (χ2n) is 9.85. The van der Waals surface area contributed by atoms with E-state index < -0.39 is 0 Å². The van der Waals surface area contributed by atoms with Gasteiger partial charge in [0.15, 0.2) is 0 Å². The van der Waals surface area contributed by atoms with Gasteiger partial charge < -0.3 is 9.73 Å². The molecule has 1 aliphatic heterocycles. The first-order chi connectivity index (χ1) is 19.8. The molecule has 1 N–H and O–H groups in total. The molecule has 190 valence electrons. The average Bonchev–Trinajstić information content (AvgIpc) is 3.64. The Hall–Kier alpha value is -5.49. The zero-order valence-electron chi connectivity index (χ0n) is 21.4. The molecule has 0 spiro atoms. The lowest BCUT2D eigenvalue weighted by Gasteiger charge is -2.25. The Bertz CT molecular complexity index is 2070. The number of rotatable bonds is 3. The van der Waals surface area contributed by atoms with E-state index >= 15 is 0 Å². The Labute approximate surface area is 230 Å². The van der Waals surface area contributed by atoms with Gasteiger partial charge in [-0.15, -0.1) is 0 Å². The van der Waals surface area contributed by atoms with Gasteiger partial charge in [0.2, 0.25) is 5.96 Å². The van der Waals surface area contributed by atoms with Crippen LogP contribution in [0.5, 0.6) is 0 Å². The van der Waals surface area contributed by atoms with Crippen molar-refractivity contribution in [2.24, 2.45) is 4.99 Å². The van der Waals surface area contributed by atoms with Crippen LogP contribution < -0.4 is 5.32 Å². The Kier molecular flexibility index (Phi) is 5.10. The predicted molar refractivity (Wildman–Crippen MR) is 160 cm³/mol. The van der Waals surface area contributed by atoms with E-state index in [2.05, 4.69) is 86.6 Å². The quantitative estimate of drug-likeness (QED) is 0.262. The maximum Gasteiger partial charge on any atom is 0.209 e. The summed E-state index contributed by atoms with van der Waals surface area (Å²) in [5, 5.41) is 7.03. The molecule has 0 saturated heterocycles. The predicted octanol–water partition coefficient (Wildman–Crippen LogP) is 7.59. The van der Waals surface area contributed by atoms with Gasteiger partial charge >= 0.3 is 0 Å². The minimum absolute atomic E-state index is 0.0919. The summed E-state index contributed by atoms with van der Waals surface area (Å²) in [7, 11) is 0. The second kappa shape index (κ2) is 9.06. The number of aliphatic imine (C=N–C) groups is 1. The molecule has 1 atom stereocenters. The molecule has 6 heteroatoms. The van der Waals surface area contributed by atoms with Crippen LogP contribution in [0.3, 0.4) is 0 Å². The summed E-state index contributed by atoms with van der Waals surface area (Å²) in [6, 6.07) is 31.3. The van der Waals surface area contributed by atoms with Crippen molar-refractivity contribution in [1.82, 2.24) is 19.9 Å². The van der Waals surface area contributed by atoms with Gasteiger partial charge in [0.05, 0.1) is 34.4 Å². The van der Waals surface area contributed by atoms with Crippen LogP contribution in [0.2, 0.25) is 0 Å². The smallest absolute Gasteiger partial charge is 0.209 e. The minimum atomic E-state index is -0.0919. The molecular formula is C34H23N5O. The zero-order chi connectivity index (χ0) is 26.5. The first-order valence-electron chi connectivity index (χ1n) is 13.2. The van der Waals surface area contributed by atoms with Gasteiger partial charge in [0.25, 0.3) is 0 Å². The van der Waals surface area contributed by atoms with Crippen molar-refractivity contribution in [2.75, 3.05) is 0 Å². The minimum Gasteiger partial charge on any atom is -0.464 e. The summed E-state index contributed by atoms with van der Waals surface area (Å²) >= 11 is 0. The van der Waals surface area contributed by atoms with Crippen molar-refractivity contribution in [3.63, 3.8) is 0 Å². The van der Waals surface area contributed by atoms with E-state index in [1.165, 1.54) is 0 Å². The highest BCUT2D eigenvalue weighted by molar-refractivity contribution is 6.22. The number of benzene rings is 3. The van der Waals surface area contributed by atoms with Crippen molar-refractivity contribution in [1.29, 1.82) is 0 Å². The highest BCUT2D eigenvalue weighted by atomic mass is 16.3. The molecule has 5 heterocycles. The van der Waals surface area contributed by atoms with Crippen molar-refractivity contribution >= 4 is 44.4 Å². The third-order valence-corrected chi connectivity index (χ3v) is 7.56. The van der Waals surface area contributed by atoms with Crippen LogP contribution in [0.1, 0.15) is 17.2 Å². The third-order valence-electron chi connectivity index (χ3n) is 7.56. The topological polar surface area (TPSA) is 68.2 Å². The molecule has 6 nitrogen and oxygen atoms in total. The van der Waals surface area contributed by atoms with Gasteiger partial charge in [-0.1, -0.05) is 42.5 Å². The van der Waals surface area contributed by atoms with E-state index in [0.29, 0.717) is 0 Å². The highest BCUT2D eigenvalue weighted by Gasteiger charge is 2.24. The fourth-order valence-corrected chi connectivity index (χ4v) is 5.63. The Morgan fingerprint density at radius 1 is 0.675 bits per heavy atom. The molecule has 7 aromatic rings. The molecule has 0 aliphatic carbocycles. The van der Waals surface area contributed by atoms with E-state index in [1.54, 1.807) is 18.7 Å². The molecule has 0 saturated carbocycles. The summed E-state index contributed by atoms with van der Waals surface area (Å²) in [5.41, 5.74) is 8.34. The fraction of sp³-hybridized carbons (Fsp3) is 0.0294. The summed E-state index contributed by atoms with van der Waals surface area (Å²) in [4.78, 5) is 13.5. The number of para-hydroxylation sites is 1. The van der Waals surface area contributed by atoms with E-state index in [1.807, 2.05) is 42.7 Å². The molecule has 1 aliphatic rings. The lowest BCUT2D eigenvalue weighted by molar-refractivity contribution is 0.619. The molecular weight excluding hydrogens is 494 g/mol. The fourth-order valence-electron chi connectivity index (χ4n) is 5.63. The zero-order valence-corrected chi connectivity index (χ0v) is 21.4. The van der Waals surface area contributed by atoms with Gasteiger partial charge in [0.1, 0.15) is 5.58 Å². The largest absolute Gasteiger partial charge is 0.464 e. The molecule has 4 aromatic heterocycles. The summed E-state index contributed by atoms with van der Waals surface area (Å²) in [5.74, 6) is 0.759. The molecule has 1 unspecified atom stereocenters.